The number of ether oxygens (including phenoxy) is 2. The maximum atomic E-state index is 14.0. The molecule has 4 aromatic rings. The van der Waals surface area contributed by atoms with Crippen molar-refractivity contribution >= 4 is 34.4 Å². The van der Waals surface area contributed by atoms with Gasteiger partial charge in [-0.25, -0.2) is 0 Å². The molecule has 2 amide bonds. The molecule has 45 heavy (non-hydrogen) atoms. The molecule has 0 saturated heterocycles. The van der Waals surface area contributed by atoms with Gasteiger partial charge in [-0.3, -0.25) is 14.4 Å². The summed E-state index contributed by atoms with van der Waals surface area (Å²) in [7, 11) is 0. The molecule has 0 spiro atoms. The first kappa shape index (κ1) is 31.9. The fraction of sp³-hybridized carbons (Fsp3) is 0.303. The minimum atomic E-state index is -4.55. The lowest BCUT2D eigenvalue weighted by molar-refractivity contribution is -0.137. The SMILES string of the molecule is CC(C)CCN(CC(=O)N(Cc1ccc2c(c1)OCO2)Cc1coc2ccc(Cl)cc2c1=O)C(=O)c1ccc(C(F)(F)F)cc1. The summed E-state index contributed by atoms with van der Waals surface area (Å²) in [5.41, 5.74) is -0.00278. The fourth-order valence-corrected chi connectivity index (χ4v) is 5.04. The van der Waals surface area contributed by atoms with E-state index in [1.807, 2.05) is 13.8 Å². The van der Waals surface area contributed by atoms with Gasteiger partial charge in [-0.15, -0.1) is 0 Å². The number of hydrogen-bond acceptors (Lipinski definition) is 6. The number of nitrogens with zero attached hydrogens (tertiary/aromatic N) is 2. The Morgan fingerprint density at radius 2 is 1.67 bits per heavy atom. The van der Waals surface area contributed by atoms with Gasteiger partial charge in [-0.1, -0.05) is 31.5 Å². The molecule has 0 radical (unpaired) electrons. The Hall–Kier alpha value is -4.51. The standard InChI is InChI=1S/C33H30ClF3N2O6/c1-20(2)11-12-38(32(42)22-4-6-24(7-5-22)33(35,36)37)17-30(40)39(15-21-3-9-28-29(13-21)45-19-44-28)16-23-18-43-27-10-8-25(34)14-26(27)31(23)41/h3-10,13-14,18,20H,11-12,15-17,19H2,1-2H3. The Morgan fingerprint density at radius 3 is 2.38 bits per heavy atom. The quantitative estimate of drug-likeness (QED) is 0.187. The van der Waals surface area contributed by atoms with Crippen molar-refractivity contribution in [2.75, 3.05) is 19.9 Å². The molecule has 236 valence electrons. The minimum absolute atomic E-state index is 0.0222. The molecule has 8 nitrogen and oxygen atoms in total. The van der Waals surface area contributed by atoms with Crippen molar-refractivity contribution in [3.63, 3.8) is 0 Å². The minimum Gasteiger partial charge on any atom is -0.464 e. The Labute approximate surface area is 261 Å². The van der Waals surface area contributed by atoms with Crippen molar-refractivity contribution in [2.45, 2.75) is 39.5 Å². The van der Waals surface area contributed by atoms with Crippen LogP contribution in [0.2, 0.25) is 5.02 Å². The molecule has 3 aromatic carbocycles. The van der Waals surface area contributed by atoms with Crippen LogP contribution in [0.4, 0.5) is 13.2 Å². The second-order valence-electron chi connectivity index (χ2n) is 11.2. The third-order valence-corrected chi connectivity index (χ3v) is 7.61. The number of hydrogen-bond donors (Lipinski definition) is 0. The van der Waals surface area contributed by atoms with Crippen LogP contribution < -0.4 is 14.9 Å². The van der Waals surface area contributed by atoms with Crippen LogP contribution >= 0.6 is 11.6 Å². The number of amides is 2. The van der Waals surface area contributed by atoms with Gasteiger partial charge in [0.2, 0.25) is 12.7 Å². The summed E-state index contributed by atoms with van der Waals surface area (Å²) in [6.45, 7) is 3.71. The lowest BCUT2D eigenvalue weighted by Gasteiger charge is -2.28. The van der Waals surface area contributed by atoms with Crippen LogP contribution in [0.15, 0.2) is 76.1 Å². The van der Waals surface area contributed by atoms with E-state index in [-0.39, 0.29) is 60.8 Å². The van der Waals surface area contributed by atoms with E-state index in [1.54, 1.807) is 30.3 Å². The van der Waals surface area contributed by atoms with Gasteiger partial charge < -0.3 is 23.7 Å². The smallest absolute Gasteiger partial charge is 0.416 e. The van der Waals surface area contributed by atoms with Gasteiger partial charge in [0, 0.05) is 23.7 Å². The summed E-state index contributed by atoms with van der Waals surface area (Å²) in [5, 5.41) is 0.606. The molecule has 0 atom stereocenters. The first-order valence-corrected chi connectivity index (χ1v) is 14.6. The average Bonchev–Trinajstić information content (AvgIpc) is 3.47. The Balaban J connectivity index is 1.45. The molecular formula is C33H30ClF3N2O6. The van der Waals surface area contributed by atoms with Crippen molar-refractivity contribution in [3.05, 3.63) is 104 Å². The van der Waals surface area contributed by atoms with Gasteiger partial charge in [0.25, 0.3) is 5.91 Å². The monoisotopic (exact) mass is 642 g/mol. The van der Waals surface area contributed by atoms with Gasteiger partial charge >= 0.3 is 6.18 Å². The molecule has 1 aliphatic rings. The third-order valence-electron chi connectivity index (χ3n) is 7.38. The van der Waals surface area contributed by atoms with Crippen molar-refractivity contribution in [1.82, 2.24) is 9.80 Å². The highest BCUT2D eigenvalue weighted by Gasteiger charge is 2.31. The summed E-state index contributed by atoms with van der Waals surface area (Å²) in [5.74, 6) is 0.186. The maximum Gasteiger partial charge on any atom is 0.416 e. The molecule has 0 aliphatic carbocycles. The van der Waals surface area contributed by atoms with Crippen LogP contribution in [-0.4, -0.2) is 41.5 Å². The van der Waals surface area contributed by atoms with Crippen molar-refractivity contribution in [3.8, 4) is 11.5 Å². The van der Waals surface area contributed by atoms with E-state index in [9.17, 15) is 27.6 Å². The molecule has 0 fully saturated rings. The van der Waals surface area contributed by atoms with Gasteiger partial charge in [0.05, 0.1) is 29.3 Å². The number of halogens is 4. The van der Waals surface area contributed by atoms with E-state index in [0.717, 1.165) is 24.3 Å². The van der Waals surface area contributed by atoms with Gasteiger partial charge in [0.15, 0.2) is 16.9 Å². The van der Waals surface area contributed by atoms with E-state index < -0.39 is 23.6 Å². The molecule has 0 unspecified atom stereocenters. The van der Waals surface area contributed by atoms with Gasteiger partial charge in [-0.05, 0) is 72.5 Å². The number of carbonyl (C=O) groups excluding carboxylic acids is 2. The van der Waals surface area contributed by atoms with Crippen LogP contribution in [-0.2, 0) is 24.1 Å². The number of rotatable bonds is 10. The summed E-state index contributed by atoms with van der Waals surface area (Å²) in [4.78, 5) is 43.6. The summed E-state index contributed by atoms with van der Waals surface area (Å²) >= 11 is 6.11. The van der Waals surface area contributed by atoms with Crippen molar-refractivity contribution in [1.29, 1.82) is 0 Å². The fourth-order valence-electron chi connectivity index (χ4n) is 4.86. The molecule has 0 bridgehead atoms. The normalized spacial score (nSPS) is 12.5. The molecule has 2 heterocycles. The number of fused-ring (bicyclic) bond motifs is 2. The zero-order chi connectivity index (χ0) is 32.3. The predicted octanol–water partition coefficient (Wildman–Crippen LogP) is 6.91. The van der Waals surface area contributed by atoms with Crippen LogP contribution in [0.3, 0.4) is 0 Å². The van der Waals surface area contributed by atoms with E-state index in [1.165, 1.54) is 22.1 Å². The van der Waals surface area contributed by atoms with Gasteiger partial charge in [0.1, 0.15) is 12.1 Å². The molecular weight excluding hydrogens is 613 g/mol. The molecule has 0 saturated carbocycles. The average molecular weight is 643 g/mol. The highest BCUT2D eigenvalue weighted by Crippen LogP contribution is 2.33. The van der Waals surface area contributed by atoms with E-state index in [2.05, 4.69) is 0 Å². The number of benzene rings is 3. The zero-order valence-corrected chi connectivity index (χ0v) is 25.3. The van der Waals surface area contributed by atoms with Gasteiger partial charge in [-0.2, -0.15) is 13.2 Å². The predicted molar refractivity (Wildman–Crippen MR) is 161 cm³/mol. The van der Waals surface area contributed by atoms with Crippen LogP contribution in [0.25, 0.3) is 11.0 Å². The first-order chi connectivity index (χ1) is 21.4. The Kier molecular flexibility index (Phi) is 9.38. The molecule has 0 N–H and O–H groups in total. The summed E-state index contributed by atoms with van der Waals surface area (Å²) in [6, 6.07) is 13.8. The lowest BCUT2D eigenvalue weighted by atomic mass is 10.1. The van der Waals surface area contributed by atoms with E-state index in [4.69, 9.17) is 25.5 Å². The second-order valence-corrected chi connectivity index (χ2v) is 11.6. The van der Waals surface area contributed by atoms with E-state index in [0.29, 0.717) is 34.1 Å². The Bertz CT molecular complexity index is 1770. The first-order valence-electron chi connectivity index (χ1n) is 14.2. The summed E-state index contributed by atoms with van der Waals surface area (Å²) in [6.07, 6.45) is -2.70. The van der Waals surface area contributed by atoms with Crippen LogP contribution in [0.5, 0.6) is 11.5 Å². The third kappa shape index (κ3) is 7.59. The van der Waals surface area contributed by atoms with Crippen molar-refractivity contribution in [2.24, 2.45) is 5.92 Å². The van der Waals surface area contributed by atoms with Crippen molar-refractivity contribution < 1.29 is 36.7 Å². The molecule has 5 rings (SSSR count). The Morgan fingerprint density at radius 1 is 0.933 bits per heavy atom. The molecule has 12 heteroatoms. The summed E-state index contributed by atoms with van der Waals surface area (Å²) < 4.78 is 55.9. The maximum absolute atomic E-state index is 14.0. The second kappa shape index (κ2) is 13.2. The zero-order valence-electron chi connectivity index (χ0n) is 24.5. The highest BCUT2D eigenvalue weighted by atomic mass is 35.5. The van der Waals surface area contributed by atoms with Crippen LogP contribution in [0.1, 0.15) is 47.3 Å². The van der Waals surface area contributed by atoms with E-state index >= 15 is 0 Å². The molecule has 1 aromatic heterocycles. The lowest BCUT2D eigenvalue weighted by Crippen LogP contribution is -2.43. The number of carbonyl (C=O) groups is 2. The number of alkyl halides is 3. The largest absolute Gasteiger partial charge is 0.464 e. The van der Waals surface area contributed by atoms with Crippen LogP contribution in [0, 0.1) is 5.92 Å². The highest BCUT2D eigenvalue weighted by molar-refractivity contribution is 6.31. The molecule has 1 aliphatic heterocycles. The topological polar surface area (TPSA) is 89.3 Å².